The molecule has 5 heteroatoms. The lowest BCUT2D eigenvalue weighted by Gasteiger charge is -2.12. The van der Waals surface area contributed by atoms with Crippen molar-refractivity contribution in [3.63, 3.8) is 0 Å². The van der Waals surface area contributed by atoms with Gasteiger partial charge in [-0.1, -0.05) is 6.07 Å². The predicted molar refractivity (Wildman–Crippen MR) is 52.1 cm³/mol. The Kier molecular flexibility index (Phi) is 3.57. The first-order chi connectivity index (χ1) is 7.34. The molecule has 0 amide bonds. The molecule has 0 aliphatic heterocycles. The van der Waals surface area contributed by atoms with Crippen LogP contribution < -0.4 is 0 Å². The van der Waals surface area contributed by atoms with E-state index in [1.54, 1.807) is 0 Å². The minimum atomic E-state index is -2.89. The summed E-state index contributed by atoms with van der Waals surface area (Å²) in [6.07, 6.45) is -2.89. The number of carboxylic acids is 1. The smallest absolute Gasteiger partial charge is 0.310 e. The van der Waals surface area contributed by atoms with Gasteiger partial charge in [0.15, 0.2) is 0 Å². The highest BCUT2D eigenvalue weighted by atomic mass is 19.3. The van der Waals surface area contributed by atoms with Crippen LogP contribution in [-0.4, -0.2) is 11.1 Å². The summed E-state index contributed by atoms with van der Waals surface area (Å²) in [5.41, 5.74) is -0.411. The summed E-state index contributed by atoms with van der Waals surface area (Å²) in [4.78, 5) is 10.7. The molecule has 0 heterocycles. The minimum Gasteiger partial charge on any atom is -0.481 e. The lowest BCUT2D eigenvalue weighted by atomic mass is 9.96. The summed E-state index contributed by atoms with van der Waals surface area (Å²) in [6, 6.07) is 2.14. The quantitative estimate of drug-likeness (QED) is 0.868. The van der Waals surface area contributed by atoms with Crippen LogP contribution in [0.4, 0.5) is 13.2 Å². The molecule has 0 aliphatic carbocycles. The van der Waals surface area contributed by atoms with E-state index in [1.165, 1.54) is 19.9 Å². The van der Waals surface area contributed by atoms with Crippen molar-refractivity contribution in [3.8, 4) is 0 Å². The first kappa shape index (κ1) is 12.5. The molecule has 0 bridgehead atoms. The largest absolute Gasteiger partial charge is 0.481 e. The highest BCUT2D eigenvalue weighted by molar-refractivity contribution is 5.75. The fraction of sp³-hybridized carbons (Fsp3) is 0.364. The maximum atomic E-state index is 13.3. The van der Waals surface area contributed by atoms with Gasteiger partial charge in [0.1, 0.15) is 5.82 Å². The Bertz CT molecular complexity index is 393. The highest BCUT2D eigenvalue weighted by Crippen LogP contribution is 2.29. The van der Waals surface area contributed by atoms with Crippen LogP contribution in [0.1, 0.15) is 36.0 Å². The van der Waals surface area contributed by atoms with Crippen molar-refractivity contribution >= 4 is 5.97 Å². The molecule has 1 rings (SSSR count). The maximum Gasteiger partial charge on any atom is 0.310 e. The second-order valence-corrected chi connectivity index (χ2v) is 3.59. The average Bonchev–Trinajstić information content (AvgIpc) is 2.14. The van der Waals surface area contributed by atoms with Crippen LogP contribution in [-0.2, 0) is 4.79 Å². The zero-order valence-electron chi connectivity index (χ0n) is 8.80. The van der Waals surface area contributed by atoms with E-state index in [2.05, 4.69) is 0 Å². The molecular formula is C11H11F3O2. The molecule has 0 aromatic heterocycles. The summed E-state index contributed by atoms with van der Waals surface area (Å²) in [6.45, 7) is 2.71. The van der Waals surface area contributed by atoms with Crippen LogP contribution in [0.5, 0.6) is 0 Å². The van der Waals surface area contributed by atoms with E-state index in [0.29, 0.717) is 0 Å². The van der Waals surface area contributed by atoms with Crippen LogP contribution in [0, 0.1) is 12.7 Å². The summed E-state index contributed by atoms with van der Waals surface area (Å²) < 4.78 is 38.2. The number of carbonyl (C=O) groups is 1. The lowest BCUT2D eigenvalue weighted by molar-refractivity contribution is -0.138. The van der Waals surface area contributed by atoms with Crippen LogP contribution in [0.25, 0.3) is 0 Å². The predicted octanol–water partition coefficient (Wildman–Crippen LogP) is 3.26. The van der Waals surface area contributed by atoms with Gasteiger partial charge in [0, 0.05) is 0 Å². The standard InChI is InChI=1S/C11H11F3O2/c1-5-3-7(6(2)11(15)16)4-8(12)9(5)10(13)14/h3-4,6,10H,1-2H3,(H,15,16). The molecule has 1 aromatic carbocycles. The van der Waals surface area contributed by atoms with E-state index in [1.807, 2.05) is 0 Å². The van der Waals surface area contributed by atoms with E-state index in [9.17, 15) is 18.0 Å². The molecule has 0 spiro atoms. The number of hydrogen-bond acceptors (Lipinski definition) is 1. The molecule has 0 radical (unpaired) electrons. The van der Waals surface area contributed by atoms with Gasteiger partial charge < -0.3 is 5.11 Å². The van der Waals surface area contributed by atoms with Gasteiger partial charge in [-0.05, 0) is 31.0 Å². The van der Waals surface area contributed by atoms with Crippen molar-refractivity contribution < 1.29 is 23.1 Å². The van der Waals surface area contributed by atoms with Gasteiger partial charge in [0.25, 0.3) is 6.43 Å². The number of alkyl halides is 2. The molecule has 2 nitrogen and oxygen atoms in total. The van der Waals surface area contributed by atoms with E-state index in [0.717, 1.165) is 6.07 Å². The third kappa shape index (κ3) is 2.35. The molecular weight excluding hydrogens is 221 g/mol. The highest BCUT2D eigenvalue weighted by Gasteiger charge is 2.21. The van der Waals surface area contributed by atoms with Gasteiger partial charge in [-0.15, -0.1) is 0 Å². The molecule has 16 heavy (non-hydrogen) atoms. The Labute approximate surface area is 90.7 Å². The monoisotopic (exact) mass is 232 g/mol. The molecule has 0 aliphatic rings. The number of halogens is 3. The van der Waals surface area contributed by atoms with Crippen molar-refractivity contribution in [2.45, 2.75) is 26.2 Å². The van der Waals surface area contributed by atoms with Crippen LogP contribution in [0.3, 0.4) is 0 Å². The number of rotatable bonds is 3. The van der Waals surface area contributed by atoms with Gasteiger partial charge in [-0.25, -0.2) is 13.2 Å². The Hall–Kier alpha value is -1.52. The zero-order valence-corrected chi connectivity index (χ0v) is 8.80. The molecule has 1 N–H and O–H groups in total. The van der Waals surface area contributed by atoms with Crippen molar-refractivity contribution in [3.05, 3.63) is 34.6 Å². The third-order valence-electron chi connectivity index (χ3n) is 2.45. The number of benzene rings is 1. The van der Waals surface area contributed by atoms with Crippen molar-refractivity contribution in [1.29, 1.82) is 0 Å². The summed E-state index contributed by atoms with van der Waals surface area (Å²) in [7, 11) is 0. The molecule has 0 fully saturated rings. The van der Waals surface area contributed by atoms with Gasteiger partial charge in [-0.2, -0.15) is 0 Å². The normalized spacial score (nSPS) is 12.9. The number of aryl methyl sites for hydroxylation is 1. The van der Waals surface area contributed by atoms with Crippen molar-refractivity contribution in [2.75, 3.05) is 0 Å². The van der Waals surface area contributed by atoms with Gasteiger partial charge in [0.2, 0.25) is 0 Å². The van der Waals surface area contributed by atoms with Crippen LogP contribution in [0.15, 0.2) is 12.1 Å². The Morgan fingerprint density at radius 2 is 1.94 bits per heavy atom. The van der Waals surface area contributed by atoms with Crippen LogP contribution >= 0.6 is 0 Å². The van der Waals surface area contributed by atoms with Gasteiger partial charge in [0.05, 0.1) is 11.5 Å². The molecule has 1 unspecified atom stereocenters. The third-order valence-corrected chi connectivity index (χ3v) is 2.45. The number of hydrogen-bond donors (Lipinski definition) is 1. The summed E-state index contributed by atoms with van der Waals surface area (Å²) >= 11 is 0. The fourth-order valence-electron chi connectivity index (χ4n) is 1.45. The second-order valence-electron chi connectivity index (χ2n) is 3.59. The van der Waals surface area contributed by atoms with Crippen molar-refractivity contribution in [2.24, 2.45) is 0 Å². The lowest BCUT2D eigenvalue weighted by Crippen LogP contribution is -2.09. The summed E-state index contributed by atoms with van der Waals surface area (Å²) in [5, 5.41) is 8.73. The minimum absolute atomic E-state index is 0.0677. The van der Waals surface area contributed by atoms with Gasteiger partial charge >= 0.3 is 5.97 Å². The average molecular weight is 232 g/mol. The number of carboxylic acid groups (broad SMARTS) is 1. The number of aliphatic carboxylic acids is 1. The Morgan fingerprint density at radius 1 is 1.38 bits per heavy atom. The Balaban J connectivity index is 3.24. The Morgan fingerprint density at radius 3 is 2.31 bits per heavy atom. The van der Waals surface area contributed by atoms with E-state index < -0.39 is 29.7 Å². The van der Waals surface area contributed by atoms with Gasteiger partial charge in [-0.3, -0.25) is 4.79 Å². The van der Waals surface area contributed by atoms with Crippen molar-refractivity contribution in [1.82, 2.24) is 0 Å². The first-order valence-electron chi connectivity index (χ1n) is 4.65. The molecule has 1 aromatic rings. The topological polar surface area (TPSA) is 37.3 Å². The molecule has 1 atom stereocenters. The van der Waals surface area contributed by atoms with E-state index in [4.69, 9.17) is 5.11 Å². The second kappa shape index (κ2) is 4.55. The SMILES string of the molecule is Cc1cc(C(C)C(=O)O)cc(F)c1C(F)F. The van der Waals surface area contributed by atoms with Crippen LogP contribution in [0.2, 0.25) is 0 Å². The first-order valence-corrected chi connectivity index (χ1v) is 4.65. The zero-order chi connectivity index (χ0) is 12.5. The summed E-state index contributed by atoms with van der Waals surface area (Å²) in [5.74, 6) is -3.10. The van der Waals surface area contributed by atoms with E-state index in [-0.39, 0.29) is 11.1 Å². The van der Waals surface area contributed by atoms with E-state index >= 15 is 0 Å². The maximum absolute atomic E-state index is 13.3. The molecule has 0 saturated carbocycles. The molecule has 0 saturated heterocycles. The fourth-order valence-corrected chi connectivity index (χ4v) is 1.45. The molecule has 88 valence electrons.